The quantitative estimate of drug-likeness (QED) is 0.580. The number of aromatic nitrogens is 2. The zero-order valence-electron chi connectivity index (χ0n) is 10.2. The molecule has 0 fully saturated rings. The molecule has 2 rings (SSSR count). The molecule has 0 saturated carbocycles. The first kappa shape index (κ1) is 14.0. The Bertz CT molecular complexity index is 725. The molecule has 0 aliphatic heterocycles. The first-order valence-corrected chi connectivity index (χ1v) is 6.98. The fraction of sp³-hybridized carbons (Fsp3) is 0.0909. The number of aromatic carboxylic acids is 1. The highest BCUT2D eigenvalue weighted by atomic mass is 32.2. The van der Waals surface area contributed by atoms with Crippen molar-refractivity contribution in [2.24, 2.45) is 0 Å². The molecule has 1 aromatic carbocycles. The summed E-state index contributed by atoms with van der Waals surface area (Å²) in [5.74, 6) is -1.36. The lowest BCUT2D eigenvalue weighted by atomic mass is 10.2. The van der Waals surface area contributed by atoms with Crippen molar-refractivity contribution in [3.05, 3.63) is 42.0 Å². The molecule has 5 N–H and O–H groups in total. The largest absolute Gasteiger partial charge is 0.478 e. The van der Waals surface area contributed by atoms with E-state index in [-0.39, 0.29) is 22.7 Å². The van der Waals surface area contributed by atoms with Gasteiger partial charge in [0, 0.05) is 17.6 Å². The maximum atomic E-state index is 12.1. The van der Waals surface area contributed by atoms with Crippen molar-refractivity contribution in [1.29, 1.82) is 0 Å². The van der Waals surface area contributed by atoms with E-state index in [2.05, 4.69) is 14.7 Å². The molecule has 1 aromatic heterocycles. The average Bonchev–Trinajstić information content (AvgIpc) is 2.89. The van der Waals surface area contributed by atoms with Crippen LogP contribution in [0.5, 0.6) is 0 Å². The van der Waals surface area contributed by atoms with Crippen LogP contribution >= 0.6 is 0 Å². The first-order chi connectivity index (χ1) is 9.40. The number of carbonyl (C=O) groups is 1. The maximum absolute atomic E-state index is 12.1. The van der Waals surface area contributed by atoms with Crippen molar-refractivity contribution in [1.82, 2.24) is 14.7 Å². The summed E-state index contributed by atoms with van der Waals surface area (Å²) in [6.45, 7) is -0.0221. The lowest BCUT2D eigenvalue weighted by Gasteiger charge is -2.09. The van der Waals surface area contributed by atoms with Crippen LogP contribution < -0.4 is 10.5 Å². The number of nitrogen functional groups attached to an aromatic ring is 1. The second-order valence-electron chi connectivity index (χ2n) is 3.96. The van der Waals surface area contributed by atoms with Crippen LogP contribution in [-0.4, -0.2) is 29.5 Å². The number of rotatable bonds is 5. The van der Waals surface area contributed by atoms with Crippen LogP contribution in [0.4, 0.5) is 5.69 Å². The van der Waals surface area contributed by atoms with Crippen LogP contribution in [0.3, 0.4) is 0 Å². The van der Waals surface area contributed by atoms with Crippen LogP contribution in [0, 0.1) is 0 Å². The summed E-state index contributed by atoms with van der Waals surface area (Å²) in [6.07, 6.45) is 2.87. The smallest absolute Gasteiger partial charge is 0.337 e. The number of aromatic amines is 1. The zero-order chi connectivity index (χ0) is 14.8. The molecule has 0 unspecified atom stereocenters. The minimum Gasteiger partial charge on any atom is -0.478 e. The second kappa shape index (κ2) is 5.31. The van der Waals surface area contributed by atoms with Gasteiger partial charge in [0.25, 0.3) is 0 Å². The number of H-pyrrole nitrogens is 1. The summed E-state index contributed by atoms with van der Waals surface area (Å²) in [6, 6.07) is 3.60. The van der Waals surface area contributed by atoms with Gasteiger partial charge in [-0.1, -0.05) is 0 Å². The summed E-state index contributed by atoms with van der Waals surface area (Å²) in [5.41, 5.74) is 5.83. The van der Waals surface area contributed by atoms with Crippen LogP contribution in [-0.2, 0) is 16.6 Å². The third-order valence-corrected chi connectivity index (χ3v) is 3.99. The Balaban J connectivity index is 2.31. The molecule has 0 radical (unpaired) electrons. The molecule has 0 bridgehead atoms. The molecule has 9 heteroatoms. The van der Waals surface area contributed by atoms with Gasteiger partial charge >= 0.3 is 5.97 Å². The van der Waals surface area contributed by atoms with Crippen LogP contribution in [0.1, 0.15) is 16.1 Å². The van der Waals surface area contributed by atoms with Gasteiger partial charge in [0.1, 0.15) is 0 Å². The topological polar surface area (TPSA) is 138 Å². The number of carboxylic acid groups (broad SMARTS) is 1. The van der Waals surface area contributed by atoms with Gasteiger partial charge < -0.3 is 15.8 Å². The summed E-state index contributed by atoms with van der Waals surface area (Å²) in [5, 5.41) is 9.04. The van der Waals surface area contributed by atoms with E-state index in [1.165, 1.54) is 18.6 Å². The first-order valence-electron chi connectivity index (χ1n) is 5.50. The maximum Gasteiger partial charge on any atom is 0.337 e. The Morgan fingerprint density at radius 1 is 1.45 bits per heavy atom. The predicted octanol–water partition coefficient (Wildman–Crippen LogP) is 0.169. The van der Waals surface area contributed by atoms with Gasteiger partial charge in [0.15, 0.2) is 0 Å². The number of anilines is 1. The highest BCUT2D eigenvalue weighted by Gasteiger charge is 2.22. The minimum atomic E-state index is -3.96. The summed E-state index contributed by atoms with van der Waals surface area (Å²) < 4.78 is 26.5. The minimum absolute atomic E-state index is 0.0221. The molecule has 8 nitrogen and oxygen atoms in total. The van der Waals surface area contributed by atoms with E-state index in [0.29, 0.717) is 5.69 Å². The van der Waals surface area contributed by atoms with E-state index in [0.717, 1.165) is 12.1 Å². The number of nitrogens with one attached hydrogen (secondary N) is 2. The molecule has 106 valence electrons. The van der Waals surface area contributed by atoms with Crippen molar-refractivity contribution in [2.45, 2.75) is 11.4 Å². The van der Waals surface area contributed by atoms with Crippen molar-refractivity contribution in [3.63, 3.8) is 0 Å². The monoisotopic (exact) mass is 296 g/mol. The molecule has 20 heavy (non-hydrogen) atoms. The number of benzene rings is 1. The van der Waals surface area contributed by atoms with Gasteiger partial charge in [-0.25, -0.2) is 22.9 Å². The second-order valence-corrected chi connectivity index (χ2v) is 5.70. The molecule has 1 heterocycles. The van der Waals surface area contributed by atoms with Crippen molar-refractivity contribution < 1.29 is 18.3 Å². The number of hydrogen-bond donors (Lipinski definition) is 4. The fourth-order valence-electron chi connectivity index (χ4n) is 1.58. The van der Waals surface area contributed by atoms with Crippen molar-refractivity contribution in [2.75, 3.05) is 5.73 Å². The fourth-order valence-corrected chi connectivity index (χ4v) is 2.76. The number of hydrogen-bond acceptors (Lipinski definition) is 5. The number of nitrogens with two attached hydrogens (primary N) is 1. The third kappa shape index (κ3) is 2.95. The molecule has 0 spiro atoms. The van der Waals surface area contributed by atoms with E-state index in [1.807, 2.05) is 0 Å². The number of imidazole rings is 1. The van der Waals surface area contributed by atoms with Crippen LogP contribution in [0.15, 0.2) is 35.6 Å². The normalized spacial score (nSPS) is 11.4. The Kier molecular flexibility index (Phi) is 3.72. The summed E-state index contributed by atoms with van der Waals surface area (Å²) in [7, 11) is -3.96. The number of carboxylic acids is 1. The Morgan fingerprint density at radius 3 is 2.80 bits per heavy atom. The highest BCUT2D eigenvalue weighted by Crippen LogP contribution is 2.19. The van der Waals surface area contributed by atoms with Gasteiger partial charge in [0.05, 0.1) is 23.3 Å². The summed E-state index contributed by atoms with van der Waals surface area (Å²) >= 11 is 0. The summed E-state index contributed by atoms with van der Waals surface area (Å²) in [4.78, 5) is 17.2. The molecular weight excluding hydrogens is 284 g/mol. The number of sulfonamides is 1. The lowest BCUT2D eigenvalue weighted by Crippen LogP contribution is -2.25. The van der Waals surface area contributed by atoms with Gasteiger partial charge in [-0.15, -0.1) is 0 Å². The molecule has 0 atom stereocenters. The molecule has 2 aromatic rings. The van der Waals surface area contributed by atoms with Crippen LogP contribution in [0.2, 0.25) is 0 Å². The molecular formula is C11H12N4O4S. The van der Waals surface area contributed by atoms with Crippen molar-refractivity contribution in [3.8, 4) is 0 Å². The average molecular weight is 296 g/mol. The van der Waals surface area contributed by atoms with E-state index in [1.54, 1.807) is 0 Å². The lowest BCUT2D eigenvalue weighted by molar-refractivity contribution is 0.0692. The third-order valence-electron chi connectivity index (χ3n) is 2.53. The molecule has 0 saturated heterocycles. The van der Waals surface area contributed by atoms with Gasteiger partial charge in [-0.05, 0) is 18.2 Å². The van der Waals surface area contributed by atoms with Gasteiger partial charge in [-0.2, -0.15) is 0 Å². The van der Waals surface area contributed by atoms with Crippen LogP contribution in [0.25, 0.3) is 0 Å². The predicted molar refractivity (Wildman–Crippen MR) is 70.4 cm³/mol. The van der Waals surface area contributed by atoms with Crippen molar-refractivity contribution >= 4 is 21.7 Å². The van der Waals surface area contributed by atoms with Gasteiger partial charge in [-0.3, -0.25) is 0 Å². The highest BCUT2D eigenvalue weighted by molar-refractivity contribution is 7.89. The molecule has 0 aliphatic rings. The van der Waals surface area contributed by atoms with Gasteiger partial charge in [0.2, 0.25) is 10.0 Å². The molecule has 0 amide bonds. The van der Waals surface area contributed by atoms with E-state index in [4.69, 9.17) is 10.8 Å². The van der Waals surface area contributed by atoms with E-state index < -0.39 is 16.0 Å². The SMILES string of the molecule is Nc1ccc(S(=O)(=O)NCc2cnc[nH]2)c(C(=O)O)c1. The van der Waals surface area contributed by atoms with E-state index >= 15 is 0 Å². The zero-order valence-corrected chi connectivity index (χ0v) is 11.0. The Labute approximate surface area is 114 Å². The standard InChI is InChI=1S/C11H12N4O4S/c12-7-1-2-10(9(3-7)11(16)17)20(18,19)15-5-8-4-13-6-14-8/h1-4,6,15H,5,12H2,(H,13,14)(H,16,17). The Morgan fingerprint density at radius 2 is 2.20 bits per heavy atom. The van der Waals surface area contributed by atoms with E-state index in [9.17, 15) is 13.2 Å². The molecule has 0 aliphatic carbocycles. The Hall–Kier alpha value is -2.39. The number of nitrogens with zero attached hydrogens (tertiary/aromatic N) is 1.